The van der Waals surface area contributed by atoms with Crippen LogP contribution in [-0.2, 0) is 4.79 Å². The van der Waals surface area contributed by atoms with Gasteiger partial charge in [-0.3, -0.25) is 4.79 Å². The van der Waals surface area contributed by atoms with E-state index in [-0.39, 0.29) is 36.0 Å². The summed E-state index contributed by atoms with van der Waals surface area (Å²) in [7, 11) is 0. The second kappa shape index (κ2) is 8.83. The van der Waals surface area contributed by atoms with Crippen molar-refractivity contribution in [3.8, 4) is 22.8 Å². The fourth-order valence-electron chi connectivity index (χ4n) is 4.09. The molecule has 4 rings (SSSR count). The van der Waals surface area contributed by atoms with Gasteiger partial charge in [0, 0.05) is 23.9 Å². The molecule has 1 aliphatic heterocycles. The summed E-state index contributed by atoms with van der Waals surface area (Å²) < 4.78 is 19.8. The summed E-state index contributed by atoms with van der Waals surface area (Å²) in [5, 5.41) is 11.7. The topological polar surface area (TPSA) is 67.0 Å². The number of phenolic OH excluding ortho intramolecular Hbond substituents is 1. The van der Waals surface area contributed by atoms with E-state index in [1.165, 1.54) is 12.1 Å². The van der Waals surface area contributed by atoms with Crippen LogP contribution >= 0.6 is 0 Å². The molecule has 1 atom stereocenters. The summed E-state index contributed by atoms with van der Waals surface area (Å²) in [6.45, 7) is 11.7. The van der Waals surface area contributed by atoms with Gasteiger partial charge in [0.25, 0.3) is 6.54 Å². The number of amides is 1. The number of halogens is 1. The third-order valence-electron chi connectivity index (χ3n) is 5.65. The van der Waals surface area contributed by atoms with Crippen LogP contribution < -0.4 is 4.74 Å². The number of benzene rings is 2. The van der Waals surface area contributed by atoms with Crippen molar-refractivity contribution < 1.29 is 19.0 Å². The van der Waals surface area contributed by atoms with Crippen molar-refractivity contribution in [2.75, 3.05) is 19.6 Å². The van der Waals surface area contributed by atoms with Gasteiger partial charge < -0.3 is 19.6 Å². The smallest absolute Gasteiger partial charge is 0.302 e. The Kier molecular flexibility index (Phi) is 5.95. The lowest BCUT2D eigenvalue weighted by Gasteiger charge is -2.21. The number of ether oxygens (including phenoxy) is 1. The number of phenols is 1. The fourth-order valence-corrected chi connectivity index (χ4v) is 4.09. The van der Waals surface area contributed by atoms with Gasteiger partial charge in [-0.15, -0.1) is 0 Å². The lowest BCUT2D eigenvalue weighted by Crippen LogP contribution is -2.32. The number of aromatic nitrogens is 1. The van der Waals surface area contributed by atoms with Gasteiger partial charge >= 0.3 is 5.91 Å². The molecular formula is C25H24FN3O3. The van der Waals surface area contributed by atoms with Crippen LogP contribution in [0.25, 0.3) is 26.7 Å². The van der Waals surface area contributed by atoms with Gasteiger partial charge in [0.1, 0.15) is 17.7 Å². The Morgan fingerprint density at radius 2 is 2.03 bits per heavy atom. The highest BCUT2D eigenvalue weighted by molar-refractivity contribution is 6.01. The van der Waals surface area contributed by atoms with Gasteiger partial charge in [0.15, 0.2) is 0 Å². The van der Waals surface area contributed by atoms with E-state index in [0.717, 1.165) is 22.2 Å². The summed E-state index contributed by atoms with van der Waals surface area (Å²) in [6.07, 6.45) is 0.391. The maximum atomic E-state index is 13.5. The Hall–Kier alpha value is -3.66. The summed E-state index contributed by atoms with van der Waals surface area (Å²) in [5.41, 5.74) is 2.52. The third-order valence-corrected chi connectivity index (χ3v) is 5.65. The molecule has 1 N–H and O–H groups in total. The molecule has 1 amide bonds. The van der Waals surface area contributed by atoms with E-state index in [0.29, 0.717) is 30.8 Å². The SMILES string of the molecule is [C-]#[N+]CC(=O)N1CCC(Oc2nc(C(C)C)c(-c3ccc(F)cc3)c3ccc(O)cc23)C1. The van der Waals surface area contributed by atoms with Crippen LogP contribution in [0.3, 0.4) is 0 Å². The summed E-state index contributed by atoms with van der Waals surface area (Å²) in [4.78, 5) is 21.7. The minimum Gasteiger partial charge on any atom is -0.508 e. The Bertz CT molecular complexity index is 1200. The van der Waals surface area contributed by atoms with Crippen LogP contribution in [0.5, 0.6) is 11.6 Å². The number of carbonyl (C=O) groups is 1. The molecule has 2 heterocycles. The number of hydrogen-bond acceptors (Lipinski definition) is 4. The number of fused-ring (bicyclic) bond motifs is 1. The molecule has 0 radical (unpaired) electrons. The van der Waals surface area contributed by atoms with Gasteiger partial charge in [0.05, 0.1) is 12.2 Å². The van der Waals surface area contributed by atoms with Crippen LogP contribution in [0.2, 0.25) is 0 Å². The van der Waals surface area contributed by atoms with Gasteiger partial charge in [-0.2, -0.15) is 0 Å². The molecule has 3 aromatic rings. The first kappa shape index (κ1) is 21.6. The average molecular weight is 433 g/mol. The molecule has 2 aromatic carbocycles. The van der Waals surface area contributed by atoms with Crippen molar-refractivity contribution in [1.82, 2.24) is 9.88 Å². The molecule has 7 heteroatoms. The molecule has 0 bridgehead atoms. The molecule has 0 spiro atoms. The molecule has 1 aromatic heterocycles. The zero-order chi connectivity index (χ0) is 22.8. The quantitative estimate of drug-likeness (QED) is 0.589. The number of carbonyl (C=O) groups excluding carboxylic acids is 1. The lowest BCUT2D eigenvalue weighted by molar-refractivity contribution is -0.128. The molecule has 6 nitrogen and oxygen atoms in total. The highest BCUT2D eigenvalue weighted by Gasteiger charge is 2.30. The second-order valence-electron chi connectivity index (χ2n) is 8.25. The highest BCUT2D eigenvalue weighted by atomic mass is 19.1. The Labute approximate surface area is 186 Å². The number of hydrogen-bond donors (Lipinski definition) is 1. The first-order valence-corrected chi connectivity index (χ1v) is 10.6. The first-order chi connectivity index (χ1) is 15.4. The molecular weight excluding hydrogens is 409 g/mol. The summed E-state index contributed by atoms with van der Waals surface area (Å²) in [6, 6.07) is 11.3. The standard InChI is InChI=1S/C25H24FN3O3/c1-15(2)24-23(16-4-6-17(26)7-5-16)20-9-8-18(30)12-21(20)25(28-24)32-19-10-11-29(14-19)22(31)13-27-3/h4-9,12,15,19,30H,10-11,13-14H2,1-2H3. The van der Waals surface area contributed by atoms with Crippen LogP contribution in [0, 0.1) is 12.4 Å². The van der Waals surface area contributed by atoms with Gasteiger partial charge in [-0.05, 0) is 47.2 Å². The van der Waals surface area contributed by atoms with E-state index in [9.17, 15) is 14.3 Å². The maximum absolute atomic E-state index is 13.5. The van der Waals surface area contributed by atoms with Crippen LogP contribution in [0.15, 0.2) is 42.5 Å². The zero-order valence-electron chi connectivity index (χ0n) is 18.0. The molecule has 1 aliphatic rings. The van der Waals surface area contributed by atoms with Gasteiger partial charge in [-0.1, -0.05) is 26.0 Å². The van der Waals surface area contributed by atoms with E-state index in [1.807, 2.05) is 19.9 Å². The number of rotatable bonds is 5. The van der Waals surface area contributed by atoms with Gasteiger partial charge in [-0.25, -0.2) is 15.9 Å². The zero-order valence-corrected chi connectivity index (χ0v) is 18.0. The van der Waals surface area contributed by atoms with Crippen molar-refractivity contribution in [3.63, 3.8) is 0 Å². The monoisotopic (exact) mass is 433 g/mol. The molecule has 1 unspecified atom stereocenters. The molecule has 0 aliphatic carbocycles. The summed E-state index contributed by atoms with van der Waals surface area (Å²) >= 11 is 0. The molecule has 0 saturated carbocycles. The largest absolute Gasteiger partial charge is 0.508 e. The van der Waals surface area contributed by atoms with Crippen molar-refractivity contribution >= 4 is 16.7 Å². The Morgan fingerprint density at radius 1 is 1.28 bits per heavy atom. The van der Waals surface area contributed by atoms with E-state index in [2.05, 4.69) is 4.85 Å². The lowest BCUT2D eigenvalue weighted by atomic mass is 9.92. The second-order valence-corrected chi connectivity index (χ2v) is 8.25. The normalized spacial score (nSPS) is 15.8. The van der Waals surface area contributed by atoms with Crippen molar-refractivity contribution in [2.24, 2.45) is 0 Å². The minimum absolute atomic E-state index is 0.0657. The minimum atomic E-state index is -0.312. The molecule has 32 heavy (non-hydrogen) atoms. The van der Waals surface area contributed by atoms with Gasteiger partial charge in [0.2, 0.25) is 5.88 Å². The van der Waals surface area contributed by atoms with E-state index < -0.39 is 0 Å². The van der Waals surface area contributed by atoms with E-state index in [1.54, 1.807) is 29.2 Å². The van der Waals surface area contributed by atoms with Crippen molar-refractivity contribution in [1.29, 1.82) is 0 Å². The average Bonchev–Trinajstić information content (AvgIpc) is 3.23. The summed E-state index contributed by atoms with van der Waals surface area (Å²) in [5.74, 6) is 0.0435. The predicted octanol–water partition coefficient (Wildman–Crippen LogP) is 4.77. The number of pyridine rings is 1. The van der Waals surface area contributed by atoms with Crippen LogP contribution in [0.4, 0.5) is 4.39 Å². The van der Waals surface area contributed by atoms with Crippen LogP contribution in [-0.4, -0.2) is 46.6 Å². The Balaban J connectivity index is 1.78. The van der Waals surface area contributed by atoms with E-state index >= 15 is 0 Å². The van der Waals surface area contributed by atoms with Crippen molar-refractivity contribution in [3.05, 3.63) is 65.4 Å². The number of aromatic hydroxyl groups is 1. The molecule has 164 valence electrons. The number of nitrogens with zero attached hydrogens (tertiary/aromatic N) is 3. The predicted molar refractivity (Wildman–Crippen MR) is 120 cm³/mol. The van der Waals surface area contributed by atoms with Crippen molar-refractivity contribution in [2.45, 2.75) is 32.3 Å². The fraction of sp³-hybridized carbons (Fsp3) is 0.320. The maximum Gasteiger partial charge on any atom is 0.302 e. The Morgan fingerprint density at radius 3 is 2.72 bits per heavy atom. The first-order valence-electron chi connectivity index (χ1n) is 10.6. The molecule has 1 fully saturated rings. The molecule has 1 saturated heterocycles. The highest BCUT2D eigenvalue weighted by Crippen LogP contribution is 2.40. The van der Waals surface area contributed by atoms with E-state index in [4.69, 9.17) is 16.3 Å². The third kappa shape index (κ3) is 4.22. The number of likely N-dealkylation sites (tertiary alicyclic amines) is 1. The van der Waals surface area contributed by atoms with Crippen LogP contribution in [0.1, 0.15) is 31.9 Å².